The van der Waals surface area contributed by atoms with E-state index in [4.69, 9.17) is 10.1 Å². The molecule has 0 amide bonds. The predicted octanol–water partition coefficient (Wildman–Crippen LogP) is 2.64. The zero-order chi connectivity index (χ0) is 13.7. The van der Waals surface area contributed by atoms with Gasteiger partial charge in [0.05, 0.1) is 0 Å². The van der Waals surface area contributed by atoms with E-state index in [-0.39, 0.29) is 0 Å². The van der Waals surface area contributed by atoms with E-state index in [1.54, 1.807) is 0 Å². The fourth-order valence-electron chi connectivity index (χ4n) is 3.85. The van der Waals surface area contributed by atoms with Gasteiger partial charge in [-0.15, -0.1) is 0 Å². The van der Waals surface area contributed by atoms with Crippen LogP contribution in [0.1, 0.15) is 56.7 Å². The number of fused-ring (bicyclic) bond motifs is 2. The van der Waals surface area contributed by atoms with Crippen LogP contribution in [0, 0.1) is 5.92 Å². The summed E-state index contributed by atoms with van der Waals surface area (Å²) in [6.45, 7) is 0. The summed E-state index contributed by atoms with van der Waals surface area (Å²) < 4.78 is 4.51. The lowest BCUT2D eigenvalue weighted by molar-refractivity contribution is -0.138. The molecular weight excluding hydrogens is 274 g/mol. The van der Waals surface area contributed by atoms with E-state index in [0.29, 0.717) is 30.3 Å². The zero-order valence-electron chi connectivity index (χ0n) is 11.4. The quantitative estimate of drug-likeness (QED) is 0.924. The third-order valence-electron chi connectivity index (χ3n) is 4.89. The monoisotopic (exact) mass is 293 g/mol. The number of carbonyl (C=O) groups is 1. The molecule has 2 saturated heterocycles. The molecule has 0 aromatic carbocycles. The Morgan fingerprint density at radius 1 is 1.25 bits per heavy atom. The molecule has 6 heteroatoms. The molecule has 0 spiro atoms. The van der Waals surface area contributed by atoms with Crippen LogP contribution in [0.25, 0.3) is 0 Å². The van der Waals surface area contributed by atoms with E-state index in [1.165, 1.54) is 37.2 Å². The van der Waals surface area contributed by atoms with E-state index in [2.05, 4.69) is 9.27 Å². The first-order chi connectivity index (χ1) is 9.70. The van der Waals surface area contributed by atoms with Crippen molar-refractivity contribution < 1.29 is 9.90 Å². The summed E-state index contributed by atoms with van der Waals surface area (Å²) in [5, 5.41) is 10.1. The molecule has 4 rings (SSSR count). The average molecular weight is 293 g/mol. The topological polar surface area (TPSA) is 66.3 Å². The first-order valence-corrected chi connectivity index (χ1v) is 8.32. The fourth-order valence-corrected chi connectivity index (χ4v) is 4.75. The lowest BCUT2D eigenvalue weighted by Gasteiger charge is -2.38. The fraction of sp³-hybridized carbons (Fsp3) is 0.786. The van der Waals surface area contributed by atoms with Crippen molar-refractivity contribution in [2.45, 2.75) is 62.9 Å². The lowest BCUT2D eigenvalue weighted by Crippen LogP contribution is -2.43. The highest BCUT2D eigenvalue weighted by atomic mass is 32.1. The Labute approximate surface area is 122 Å². The molecule has 0 radical (unpaired) electrons. The van der Waals surface area contributed by atoms with Crippen molar-refractivity contribution in [3.63, 3.8) is 0 Å². The number of aromatic nitrogens is 2. The second-order valence-corrected chi connectivity index (χ2v) is 7.17. The number of anilines is 1. The third kappa shape index (κ3) is 2.20. The van der Waals surface area contributed by atoms with Crippen molar-refractivity contribution in [2.75, 3.05) is 4.90 Å². The standard InChI is InChI=1S/C14H19N3O2S/c18-12(19)7-8-5-10-3-4-11(6-8)17(10)14-15-13(16-20-14)9-1-2-9/h8-11H,1-7H2,(H,18,19). The maximum absolute atomic E-state index is 10.9. The van der Waals surface area contributed by atoms with Crippen LogP contribution in [-0.4, -0.2) is 32.5 Å². The van der Waals surface area contributed by atoms with Crippen molar-refractivity contribution in [3.05, 3.63) is 5.82 Å². The van der Waals surface area contributed by atoms with E-state index in [0.717, 1.165) is 23.8 Å². The Kier molecular flexibility index (Phi) is 2.94. The van der Waals surface area contributed by atoms with Gasteiger partial charge in [0.2, 0.25) is 5.13 Å². The Morgan fingerprint density at radius 2 is 1.95 bits per heavy atom. The molecule has 3 heterocycles. The largest absolute Gasteiger partial charge is 0.481 e. The van der Waals surface area contributed by atoms with E-state index < -0.39 is 5.97 Å². The second-order valence-electron chi connectivity index (χ2n) is 6.44. The predicted molar refractivity (Wildman–Crippen MR) is 76.1 cm³/mol. The number of hydrogen-bond acceptors (Lipinski definition) is 5. The zero-order valence-corrected chi connectivity index (χ0v) is 12.2. The summed E-state index contributed by atoms with van der Waals surface area (Å²) in [5.41, 5.74) is 0. The maximum atomic E-state index is 10.9. The van der Waals surface area contributed by atoms with Crippen LogP contribution in [0.5, 0.6) is 0 Å². The second kappa shape index (κ2) is 4.69. The summed E-state index contributed by atoms with van der Waals surface area (Å²) in [6, 6.07) is 0.969. The highest BCUT2D eigenvalue weighted by Crippen LogP contribution is 2.45. The first-order valence-electron chi connectivity index (χ1n) is 7.54. The van der Waals surface area contributed by atoms with Gasteiger partial charge in [-0.05, 0) is 44.4 Å². The molecule has 108 valence electrons. The van der Waals surface area contributed by atoms with Crippen molar-refractivity contribution in [1.29, 1.82) is 0 Å². The van der Waals surface area contributed by atoms with Crippen LogP contribution in [0.4, 0.5) is 5.13 Å². The smallest absolute Gasteiger partial charge is 0.303 e. The molecule has 2 bridgehead atoms. The van der Waals surface area contributed by atoms with Gasteiger partial charge in [-0.3, -0.25) is 4.79 Å². The van der Waals surface area contributed by atoms with E-state index in [1.807, 2.05) is 0 Å². The lowest BCUT2D eigenvalue weighted by atomic mass is 9.88. The number of carboxylic acid groups (broad SMARTS) is 1. The number of aliphatic carboxylic acids is 1. The summed E-state index contributed by atoms with van der Waals surface area (Å²) in [6.07, 6.45) is 7.16. The number of piperidine rings is 1. The van der Waals surface area contributed by atoms with Gasteiger partial charge in [-0.2, -0.15) is 4.37 Å². The Morgan fingerprint density at radius 3 is 2.55 bits per heavy atom. The van der Waals surface area contributed by atoms with Crippen LogP contribution in [0.3, 0.4) is 0 Å². The van der Waals surface area contributed by atoms with Crippen molar-refractivity contribution >= 4 is 22.6 Å². The number of carboxylic acids is 1. The highest BCUT2D eigenvalue weighted by Gasteiger charge is 2.43. The molecule has 3 aliphatic rings. The van der Waals surface area contributed by atoms with Crippen LogP contribution >= 0.6 is 11.5 Å². The number of nitrogens with zero attached hydrogens (tertiary/aromatic N) is 3. The van der Waals surface area contributed by atoms with Gasteiger partial charge in [0, 0.05) is 36.0 Å². The number of hydrogen-bond donors (Lipinski definition) is 1. The van der Waals surface area contributed by atoms with Crippen LogP contribution in [-0.2, 0) is 4.79 Å². The Bertz CT molecular complexity index is 514. The molecule has 5 nitrogen and oxygen atoms in total. The molecule has 2 unspecified atom stereocenters. The van der Waals surface area contributed by atoms with Gasteiger partial charge in [-0.25, -0.2) is 4.98 Å². The van der Waals surface area contributed by atoms with Crippen molar-refractivity contribution in [3.8, 4) is 0 Å². The highest BCUT2D eigenvalue weighted by molar-refractivity contribution is 7.09. The third-order valence-corrected chi connectivity index (χ3v) is 5.63. The number of rotatable bonds is 4. The van der Waals surface area contributed by atoms with Gasteiger partial charge >= 0.3 is 5.97 Å². The normalized spacial score (nSPS) is 32.6. The molecule has 3 fully saturated rings. The van der Waals surface area contributed by atoms with Gasteiger partial charge in [0.15, 0.2) is 0 Å². The van der Waals surface area contributed by atoms with Crippen LogP contribution in [0.2, 0.25) is 0 Å². The summed E-state index contributed by atoms with van der Waals surface area (Å²) >= 11 is 1.54. The van der Waals surface area contributed by atoms with E-state index in [9.17, 15) is 4.79 Å². The first kappa shape index (κ1) is 12.6. The molecular formula is C14H19N3O2S. The van der Waals surface area contributed by atoms with E-state index >= 15 is 0 Å². The van der Waals surface area contributed by atoms with Crippen LogP contribution < -0.4 is 4.90 Å². The van der Waals surface area contributed by atoms with Crippen molar-refractivity contribution in [1.82, 2.24) is 9.36 Å². The van der Waals surface area contributed by atoms with Crippen LogP contribution in [0.15, 0.2) is 0 Å². The molecule has 2 aliphatic heterocycles. The Balaban J connectivity index is 1.50. The summed E-state index contributed by atoms with van der Waals surface area (Å²) in [4.78, 5) is 18.1. The summed E-state index contributed by atoms with van der Waals surface area (Å²) in [5.74, 6) is 1.34. The maximum Gasteiger partial charge on any atom is 0.303 e. The SMILES string of the molecule is O=C(O)CC1CC2CCC(C1)N2c1nc(C2CC2)ns1. The van der Waals surface area contributed by atoms with Gasteiger partial charge in [0.25, 0.3) is 0 Å². The Hall–Kier alpha value is -1.17. The molecule has 1 aromatic rings. The minimum absolute atomic E-state index is 0.324. The van der Waals surface area contributed by atoms with Gasteiger partial charge < -0.3 is 10.0 Å². The molecule has 2 atom stereocenters. The molecule has 1 aromatic heterocycles. The minimum Gasteiger partial charge on any atom is -0.481 e. The molecule has 20 heavy (non-hydrogen) atoms. The summed E-state index contributed by atoms with van der Waals surface area (Å²) in [7, 11) is 0. The van der Waals surface area contributed by atoms with Crippen molar-refractivity contribution in [2.24, 2.45) is 5.92 Å². The van der Waals surface area contributed by atoms with Gasteiger partial charge in [0.1, 0.15) is 5.82 Å². The minimum atomic E-state index is -0.658. The molecule has 1 aliphatic carbocycles. The molecule has 1 saturated carbocycles. The average Bonchev–Trinajstić information content (AvgIpc) is 3.07. The van der Waals surface area contributed by atoms with Gasteiger partial charge in [-0.1, -0.05) is 0 Å². The molecule has 1 N–H and O–H groups in total.